The van der Waals surface area contributed by atoms with Crippen molar-refractivity contribution in [1.29, 1.82) is 0 Å². The number of alkyl halides is 1. The van der Waals surface area contributed by atoms with Crippen LogP contribution in [-0.4, -0.2) is 25.8 Å². The third-order valence-corrected chi connectivity index (χ3v) is 3.59. The molecule has 0 aliphatic heterocycles. The van der Waals surface area contributed by atoms with E-state index in [0.717, 1.165) is 0 Å². The molecule has 14 heavy (non-hydrogen) atoms. The smallest absolute Gasteiger partial charge is 0.185 e. The number of sulfone groups is 1. The zero-order valence-electron chi connectivity index (χ0n) is 7.31. The minimum Gasteiger partial charge on any atom is -0.297 e. The molecular formula is C9H9ClO3S. The van der Waals surface area contributed by atoms with Gasteiger partial charge in [-0.15, -0.1) is 11.6 Å². The van der Waals surface area contributed by atoms with Crippen LogP contribution in [0.15, 0.2) is 35.2 Å². The lowest BCUT2D eigenvalue weighted by Gasteiger charge is -2.01. The van der Waals surface area contributed by atoms with Gasteiger partial charge < -0.3 is 0 Å². The lowest BCUT2D eigenvalue weighted by Crippen LogP contribution is -2.16. The van der Waals surface area contributed by atoms with Crippen LogP contribution in [0.5, 0.6) is 0 Å². The van der Waals surface area contributed by atoms with Gasteiger partial charge in [0.15, 0.2) is 15.6 Å². The predicted molar refractivity (Wildman–Crippen MR) is 54.2 cm³/mol. The molecule has 0 unspecified atom stereocenters. The molecule has 0 N–H and O–H groups in total. The fourth-order valence-electron chi connectivity index (χ4n) is 0.962. The number of ketones is 1. The minimum absolute atomic E-state index is 0.151. The van der Waals surface area contributed by atoms with Crippen LogP contribution in [0.1, 0.15) is 0 Å². The summed E-state index contributed by atoms with van der Waals surface area (Å²) in [6, 6.07) is 7.84. The number of hydrogen-bond acceptors (Lipinski definition) is 3. The van der Waals surface area contributed by atoms with E-state index in [0.29, 0.717) is 0 Å². The first kappa shape index (κ1) is 11.2. The van der Waals surface area contributed by atoms with Crippen molar-refractivity contribution < 1.29 is 13.2 Å². The highest BCUT2D eigenvalue weighted by Gasteiger charge is 2.17. The van der Waals surface area contributed by atoms with Crippen molar-refractivity contribution in [2.45, 2.75) is 4.90 Å². The molecule has 0 aromatic heterocycles. The number of carbonyl (C=O) groups excluding carboxylic acids is 1. The number of benzene rings is 1. The zero-order valence-corrected chi connectivity index (χ0v) is 8.88. The van der Waals surface area contributed by atoms with Crippen molar-refractivity contribution in [2.24, 2.45) is 0 Å². The number of halogens is 1. The quantitative estimate of drug-likeness (QED) is 0.735. The monoisotopic (exact) mass is 232 g/mol. The summed E-state index contributed by atoms with van der Waals surface area (Å²) < 4.78 is 23.0. The molecule has 0 amide bonds. The van der Waals surface area contributed by atoms with Gasteiger partial charge in [0.1, 0.15) is 5.75 Å². The van der Waals surface area contributed by atoms with E-state index in [2.05, 4.69) is 0 Å². The van der Waals surface area contributed by atoms with Crippen LogP contribution < -0.4 is 0 Å². The maximum absolute atomic E-state index is 11.5. The first-order valence-electron chi connectivity index (χ1n) is 3.92. The molecule has 0 atom stereocenters. The normalized spacial score (nSPS) is 11.2. The lowest BCUT2D eigenvalue weighted by atomic mass is 10.4. The molecule has 0 radical (unpaired) electrons. The van der Waals surface area contributed by atoms with Gasteiger partial charge >= 0.3 is 0 Å². The summed E-state index contributed by atoms with van der Waals surface area (Å²) in [5, 5.41) is 0. The van der Waals surface area contributed by atoms with Crippen LogP contribution in [0.2, 0.25) is 0 Å². The van der Waals surface area contributed by atoms with Crippen molar-refractivity contribution >= 4 is 27.2 Å². The summed E-state index contributed by atoms with van der Waals surface area (Å²) in [4.78, 5) is 11.0. The summed E-state index contributed by atoms with van der Waals surface area (Å²) in [6.07, 6.45) is 0. The molecular weight excluding hydrogens is 224 g/mol. The Kier molecular flexibility index (Phi) is 3.66. The Hall–Kier alpha value is -0.870. The van der Waals surface area contributed by atoms with Gasteiger partial charge in [-0.05, 0) is 12.1 Å². The molecule has 5 heteroatoms. The van der Waals surface area contributed by atoms with Crippen molar-refractivity contribution in [1.82, 2.24) is 0 Å². The molecule has 0 aliphatic rings. The maximum Gasteiger partial charge on any atom is 0.185 e. The van der Waals surface area contributed by atoms with E-state index in [1.54, 1.807) is 18.2 Å². The van der Waals surface area contributed by atoms with Crippen molar-refractivity contribution in [3.63, 3.8) is 0 Å². The van der Waals surface area contributed by atoms with Gasteiger partial charge in [0.05, 0.1) is 10.8 Å². The van der Waals surface area contributed by atoms with E-state index in [1.807, 2.05) is 0 Å². The second kappa shape index (κ2) is 4.57. The molecule has 76 valence electrons. The maximum atomic E-state index is 11.5. The fraction of sp³-hybridized carbons (Fsp3) is 0.222. The van der Waals surface area contributed by atoms with E-state index in [1.165, 1.54) is 12.1 Å². The van der Waals surface area contributed by atoms with Crippen LogP contribution in [0.25, 0.3) is 0 Å². The Morgan fingerprint density at radius 2 is 1.79 bits per heavy atom. The number of hydrogen-bond donors (Lipinski definition) is 0. The molecule has 0 heterocycles. The minimum atomic E-state index is -3.51. The average Bonchev–Trinajstić information content (AvgIpc) is 2.18. The fourth-order valence-corrected chi connectivity index (χ4v) is 2.43. The second-order valence-corrected chi connectivity index (χ2v) is 5.00. The van der Waals surface area contributed by atoms with Gasteiger partial charge in [-0.3, -0.25) is 4.79 Å². The Labute approximate surface area is 87.6 Å². The molecule has 3 nitrogen and oxygen atoms in total. The predicted octanol–water partition coefficient (Wildman–Crippen LogP) is 1.27. The largest absolute Gasteiger partial charge is 0.297 e. The SMILES string of the molecule is O=C(CCl)CS(=O)(=O)c1ccccc1. The number of rotatable bonds is 4. The second-order valence-electron chi connectivity index (χ2n) is 2.74. The summed E-state index contributed by atoms with van der Waals surface area (Å²) in [7, 11) is -3.51. The molecule has 1 rings (SSSR count). The molecule has 0 fully saturated rings. The molecule has 0 spiro atoms. The number of carbonyl (C=O) groups is 1. The Morgan fingerprint density at radius 1 is 1.21 bits per heavy atom. The standard InChI is InChI=1S/C9H9ClO3S/c10-6-8(11)7-14(12,13)9-4-2-1-3-5-9/h1-5H,6-7H2. The van der Waals surface area contributed by atoms with Crippen molar-refractivity contribution in [3.8, 4) is 0 Å². The summed E-state index contributed by atoms with van der Waals surface area (Å²) in [5.41, 5.74) is 0. The molecule has 0 saturated heterocycles. The van der Waals surface area contributed by atoms with E-state index in [-0.39, 0.29) is 10.8 Å². The first-order valence-corrected chi connectivity index (χ1v) is 6.10. The van der Waals surface area contributed by atoms with Gasteiger partial charge in [0.2, 0.25) is 0 Å². The highest BCUT2D eigenvalue weighted by molar-refractivity contribution is 7.92. The number of Topliss-reactive ketones (excluding diaryl/α,β-unsaturated/α-hetero) is 1. The Balaban J connectivity index is 2.93. The van der Waals surface area contributed by atoms with Crippen LogP contribution in [0.4, 0.5) is 0 Å². The van der Waals surface area contributed by atoms with Crippen LogP contribution in [0, 0.1) is 0 Å². The molecule has 0 aliphatic carbocycles. The summed E-state index contributed by atoms with van der Waals surface area (Å²) >= 11 is 5.23. The first-order chi connectivity index (χ1) is 6.56. The van der Waals surface area contributed by atoms with E-state index in [9.17, 15) is 13.2 Å². The van der Waals surface area contributed by atoms with Crippen LogP contribution in [0.3, 0.4) is 0 Å². The van der Waals surface area contributed by atoms with Crippen molar-refractivity contribution in [3.05, 3.63) is 30.3 Å². The van der Waals surface area contributed by atoms with Crippen molar-refractivity contribution in [2.75, 3.05) is 11.6 Å². The molecule has 1 aromatic rings. The Bertz CT molecular complexity index is 411. The van der Waals surface area contributed by atoms with Gasteiger partial charge in [0.25, 0.3) is 0 Å². The highest BCUT2D eigenvalue weighted by Crippen LogP contribution is 2.10. The van der Waals surface area contributed by atoms with Gasteiger partial charge in [-0.2, -0.15) is 0 Å². The van der Waals surface area contributed by atoms with E-state index in [4.69, 9.17) is 11.6 Å². The van der Waals surface area contributed by atoms with Gasteiger partial charge in [-0.25, -0.2) is 8.42 Å². The van der Waals surface area contributed by atoms with Gasteiger partial charge in [0, 0.05) is 0 Å². The van der Waals surface area contributed by atoms with Crippen LogP contribution in [-0.2, 0) is 14.6 Å². The van der Waals surface area contributed by atoms with E-state index < -0.39 is 21.4 Å². The molecule has 1 aromatic carbocycles. The lowest BCUT2D eigenvalue weighted by molar-refractivity contribution is -0.114. The molecule has 0 saturated carbocycles. The summed E-state index contributed by atoms with van der Waals surface area (Å²) in [6.45, 7) is 0. The topological polar surface area (TPSA) is 51.2 Å². The van der Waals surface area contributed by atoms with Gasteiger partial charge in [-0.1, -0.05) is 18.2 Å². The van der Waals surface area contributed by atoms with Crippen LogP contribution >= 0.6 is 11.6 Å². The third-order valence-electron chi connectivity index (χ3n) is 1.60. The highest BCUT2D eigenvalue weighted by atomic mass is 35.5. The Morgan fingerprint density at radius 3 is 2.29 bits per heavy atom. The summed E-state index contributed by atoms with van der Waals surface area (Å²) in [5.74, 6) is -1.29. The average molecular weight is 233 g/mol. The van der Waals surface area contributed by atoms with E-state index >= 15 is 0 Å². The molecule has 0 bridgehead atoms. The third kappa shape index (κ3) is 2.82. The zero-order chi connectivity index (χ0) is 10.6.